The normalized spacial score (nSPS) is 24.4. The first-order valence-electron chi connectivity index (χ1n) is 3.99. The molecule has 17 heavy (non-hydrogen) atoms. The lowest BCUT2D eigenvalue weighted by Crippen LogP contribution is -2.34. The topological polar surface area (TPSA) is 72.2 Å². The Balaban J connectivity index is 2.93. The van der Waals surface area contributed by atoms with Crippen LogP contribution in [0.1, 0.15) is 6.42 Å². The Kier molecular flexibility index (Phi) is 4.65. The van der Waals surface area contributed by atoms with Crippen molar-refractivity contribution in [3.05, 3.63) is 32.0 Å². The van der Waals surface area contributed by atoms with E-state index in [0.717, 1.165) is 6.08 Å². The molecule has 1 aliphatic carbocycles. The molecule has 0 fully saturated rings. The molecule has 0 aromatic heterocycles. The van der Waals surface area contributed by atoms with Gasteiger partial charge in [0.05, 0.1) is 11.3 Å². The van der Waals surface area contributed by atoms with Crippen molar-refractivity contribution in [1.82, 2.24) is 4.72 Å². The van der Waals surface area contributed by atoms with E-state index < -0.39 is 27.5 Å². The zero-order valence-corrected chi connectivity index (χ0v) is 11.0. The van der Waals surface area contributed by atoms with Gasteiger partial charge in [0, 0.05) is 9.94 Å². The molecule has 0 heterocycles. The van der Waals surface area contributed by atoms with Crippen molar-refractivity contribution in [2.45, 2.75) is 11.4 Å². The van der Waals surface area contributed by atoms with Crippen LogP contribution < -0.4 is 4.72 Å². The van der Waals surface area contributed by atoms with Crippen molar-refractivity contribution in [2.75, 3.05) is 0 Å². The Morgan fingerprint density at radius 1 is 1.71 bits per heavy atom. The van der Waals surface area contributed by atoms with Crippen LogP contribution in [0.3, 0.4) is 0 Å². The van der Waals surface area contributed by atoms with E-state index in [1.807, 2.05) is 0 Å². The van der Waals surface area contributed by atoms with Gasteiger partial charge in [0.2, 0.25) is 0 Å². The average Bonchev–Trinajstić information content (AvgIpc) is 2.21. The second-order valence-electron chi connectivity index (χ2n) is 2.93. The van der Waals surface area contributed by atoms with Crippen LogP contribution in [0.4, 0.5) is 9.18 Å². The highest BCUT2D eigenvalue weighted by Gasteiger charge is 2.49. The highest BCUT2D eigenvalue weighted by Crippen LogP contribution is 2.43. The number of amides is 1. The van der Waals surface area contributed by atoms with Crippen LogP contribution in [0.25, 0.3) is 0 Å². The van der Waals surface area contributed by atoms with E-state index in [1.54, 1.807) is 0 Å². The summed E-state index contributed by atoms with van der Waals surface area (Å²) >= 11 is 16.9. The maximum absolute atomic E-state index is 13.5. The molecule has 1 unspecified atom stereocenters. The van der Waals surface area contributed by atoms with Crippen LogP contribution >= 0.6 is 46.8 Å². The van der Waals surface area contributed by atoms with Gasteiger partial charge in [0.15, 0.2) is 5.83 Å². The monoisotopic (exact) mass is 320 g/mol. The summed E-state index contributed by atoms with van der Waals surface area (Å²) in [6.45, 7) is 0. The molecule has 1 rings (SSSR count). The minimum Gasteiger partial charge on any atom is -0.282 e. The predicted octanol–water partition coefficient (Wildman–Crippen LogP) is 3.50. The zero-order valence-electron chi connectivity index (χ0n) is 7.88. The molecule has 0 radical (unpaired) electrons. The lowest BCUT2D eigenvalue weighted by molar-refractivity contribution is -0.533. The molecule has 0 aromatic rings. The van der Waals surface area contributed by atoms with Gasteiger partial charge in [-0.15, -0.1) is 0 Å². The van der Waals surface area contributed by atoms with Gasteiger partial charge in [0.25, 0.3) is 0 Å². The van der Waals surface area contributed by atoms with E-state index in [9.17, 15) is 19.3 Å². The second-order valence-corrected chi connectivity index (χ2v) is 5.21. The number of hydrogen-bond acceptors (Lipinski definition) is 4. The SMILES string of the molecule is O=C(Cl)NSC1=C(Cl)CC(Cl)([N+](=O)[O-])C(F)=C1. The molecule has 1 atom stereocenters. The quantitative estimate of drug-likeness (QED) is 0.216. The smallest absolute Gasteiger partial charge is 0.282 e. The Hall–Kier alpha value is -0.500. The van der Waals surface area contributed by atoms with Gasteiger partial charge < -0.3 is 0 Å². The molecule has 94 valence electrons. The van der Waals surface area contributed by atoms with E-state index in [-0.39, 0.29) is 9.94 Å². The highest BCUT2D eigenvalue weighted by atomic mass is 35.5. The van der Waals surface area contributed by atoms with Crippen LogP contribution in [0.2, 0.25) is 0 Å². The Morgan fingerprint density at radius 2 is 2.29 bits per heavy atom. The average molecular weight is 322 g/mol. The first-order chi connectivity index (χ1) is 7.77. The van der Waals surface area contributed by atoms with Crippen molar-refractivity contribution in [3.63, 3.8) is 0 Å². The van der Waals surface area contributed by atoms with Crippen molar-refractivity contribution in [2.24, 2.45) is 0 Å². The van der Waals surface area contributed by atoms with Gasteiger partial charge >= 0.3 is 10.4 Å². The van der Waals surface area contributed by atoms with Crippen molar-refractivity contribution in [1.29, 1.82) is 0 Å². The van der Waals surface area contributed by atoms with Gasteiger partial charge in [-0.1, -0.05) is 11.6 Å². The standard InChI is InChI=1S/C7H4Cl3FN2O3S/c8-3-2-7(10,13(15)16)5(11)1-4(3)17-12-6(9)14/h1H,2H2,(H,12,14). The Labute approximate surface area is 114 Å². The largest absolute Gasteiger partial charge is 0.350 e. The Bertz CT molecular complexity index is 442. The molecule has 0 spiro atoms. The molecule has 1 aliphatic rings. The fraction of sp³-hybridized carbons (Fsp3) is 0.286. The van der Waals surface area contributed by atoms with E-state index in [4.69, 9.17) is 34.8 Å². The fourth-order valence-corrected chi connectivity index (χ4v) is 2.28. The molecular weight excluding hydrogens is 318 g/mol. The van der Waals surface area contributed by atoms with Crippen LogP contribution in [0.5, 0.6) is 0 Å². The summed E-state index contributed by atoms with van der Waals surface area (Å²) in [5.74, 6) is -1.15. The lowest BCUT2D eigenvalue weighted by atomic mass is 10.1. The maximum atomic E-state index is 13.5. The third-order valence-electron chi connectivity index (χ3n) is 1.81. The Morgan fingerprint density at radius 3 is 2.76 bits per heavy atom. The summed E-state index contributed by atoms with van der Waals surface area (Å²) in [6, 6.07) is 0. The predicted molar refractivity (Wildman–Crippen MR) is 64.2 cm³/mol. The molecule has 1 N–H and O–H groups in total. The van der Waals surface area contributed by atoms with Gasteiger partial charge in [-0.05, 0) is 41.2 Å². The molecule has 10 heteroatoms. The number of rotatable bonds is 3. The van der Waals surface area contributed by atoms with Gasteiger partial charge in [-0.25, -0.2) is 4.39 Å². The number of allylic oxidation sites excluding steroid dienone is 1. The molecule has 0 aromatic carbocycles. The maximum Gasteiger partial charge on any atom is 0.350 e. The second kappa shape index (κ2) is 5.43. The molecule has 0 bridgehead atoms. The number of carbonyl (C=O) groups is 1. The minimum absolute atomic E-state index is 0.0338. The molecule has 1 amide bonds. The van der Waals surface area contributed by atoms with Crippen molar-refractivity contribution in [3.8, 4) is 0 Å². The number of nitrogens with zero attached hydrogens (tertiary/aromatic N) is 1. The van der Waals surface area contributed by atoms with Crippen LogP contribution in [0.15, 0.2) is 21.8 Å². The molecular formula is C7H4Cl3FN2O3S. The number of alkyl halides is 1. The van der Waals surface area contributed by atoms with Gasteiger partial charge in [-0.3, -0.25) is 19.6 Å². The summed E-state index contributed by atoms with van der Waals surface area (Å²) in [5.41, 5.74) is 0. The van der Waals surface area contributed by atoms with Crippen molar-refractivity contribution >= 4 is 52.1 Å². The summed E-state index contributed by atoms with van der Waals surface area (Å²) in [6.07, 6.45) is 0.283. The number of carbonyl (C=O) groups excluding carboxylic acids is 1. The van der Waals surface area contributed by atoms with Crippen molar-refractivity contribution < 1.29 is 14.1 Å². The van der Waals surface area contributed by atoms with E-state index in [1.165, 1.54) is 0 Å². The van der Waals surface area contributed by atoms with Crippen LogP contribution in [0, 0.1) is 10.1 Å². The molecule has 5 nitrogen and oxygen atoms in total. The number of halogens is 4. The third kappa shape index (κ3) is 3.25. The zero-order chi connectivity index (χ0) is 13.2. The molecule has 0 aliphatic heterocycles. The molecule has 0 saturated heterocycles. The van der Waals surface area contributed by atoms with E-state index in [2.05, 4.69) is 4.72 Å². The summed E-state index contributed by atoms with van der Waals surface area (Å²) < 4.78 is 15.6. The summed E-state index contributed by atoms with van der Waals surface area (Å²) in [7, 11) is 0. The van der Waals surface area contributed by atoms with Crippen LogP contribution in [-0.2, 0) is 0 Å². The first-order valence-corrected chi connectivity index (χ1v) is 5.94. The summed E-state index contributed by atoms with van der Waals surface area (Å²) in [5, 5.41) is 9.71. The number of nitrogens with one attached hydrogen (secondary N) is 1. The summed E-state index contributed by atoms with van der Waals surface area (Å²) in [4.78, 5) is 17.8. The lowest BCUT2D eigenvalue weighted by Gasteiger charge is -2.21. The first kappa shape index (κ1) is 14.6. The van der Waals surface area contributed by atoms with E-state index in [0.29, 0.717) is 11.9 Å². The van der Waals surface area contributed by atoms with Gasteiger partial charge in [-0.2, -0.15) is 0 Å². The van der Waals surface area contributed by atoms with Crippen LogP contribution in [-0.4, -0.2) is 15.3 Å². The third-order valence-corrected chi connectivity index (χ3v) is 3.79. The highest BCUT2D eigenvalue weighted by molar-refractivity contribution is 8.02. The number of hydrogen-bond donors (Lipinski definition) is 1. The van der Waals surface area contributed by atoms with E-state index >= 15 is 0 Å². The van der Waals surface area contributed by atoms with Gasteiger partial charge in [0.1, 0.15) is 0 Å². The molecule has 0 saturated carbocycles. The minimum atomic E-state index is -2.38. The number of nitro groups is 1. The fourth-order valence-electron chi connectivity index (χ4n) is 1.01.